The van der Waals surface area contributed by atoms with Gasteiger partial charge in [-0.2, -0.15) is 0 Å². The fraction of sp³-hybridized carbons (Fsp3) is 0.217. The van der Waals surface area contributed by atoms with Crippen LogP contribution < -0.4 is 4.90 Å². The summed E-state index contributed by atoms with van der Waals surface area (Å²) in [5.41, 5.74) is 2.38. The van der Waals surface area contributed by atoms with Gasteiger partial charge in [-0.05, 0) is 48.6 Å². The van der Waals surface area contributed by atoms with Gasteiger partial charge in [0.2, 0.25) is 11.8 Å². The Hall–Kier alpha value is -3.34. The van der Waals surface area contributed by atoms with Crippen molar-refractivity contribution in [3.05, 3.63) is 66.9 Å². The number of allylic oxidation sites excluding steroid dienone is 2. The third-order valence-electron chi connectivity index (χ3n) is 6.34. The molecule has 0 spiro atoms. The van der Waals surface area contributed by atoms with Gasteiger partial charge in [-0.1, -0.05) is 30.4 Å². The molecule has 2 aromatic carbocycles. The van der Waals surface area contributed by atoms with E-state index in [1.54, 1.807) is 0 Å². The van der Waals surface area contributed by atoms with Crippen molar-refractivity contribution in [3.63, 3.8) is 0 Å². The molecule has 5 heteroatoms. The van der Waals surface area contributed by atoms with Crippen molar-refractivity contribution < 1.29 is 9.59 Å². The highest BCUT2D eigenvalue weighted by Gasteiger charge is 2.59. The molecular weight excluding hydrogens is 350 g/mol. The molecule has 136 valence electrons. The van der Waals surface area contributed by atoms with Gasteiger partial charge in [-0.25, -0.2) is 9.97 Å². The SMILES string of the molecule is O=C1[C@@H]2[C@H]3C=CC(C3)[C@@H]2C(=O)N1c1ccc(-c2ncc3ccccc3n2)cc1. The minimum absolute atomic E-state index is 0.0541. The summed E-state index contributed by atoms with van der Waals surface area (Å²) >= 11 is 0. The van der Waals surface area contributed by atoms with Crippen LogP contribution in [0, 0.1) is 23.7 Å². The number of imide groups is 1. The average molecular weight is 367 g/mol. The second-order valence-electron chi connectivity index (χ2n) is 7.81. The van der Waals surface area contributed by atoms with E-state index in [9.17, 15) is 9.59 Å². The molecule has 1 aliphatic heterocycles. The molecule has 0 N–H and O–H groups in total. The number of benzene rings is 2. The first-order valence-electron chi connectivity index (χ1n) is 9.59. The molecule has 1 saturated carbocycles. The minimum Gasteiger partial charge on any atom is -0.274 e. The second-order valence-corrected chi connectivity index (χ2v) is 7.81. The van der Waals surface area contributed by atoms with Crippen molar-refractivity contribution in [2.45, 2.75) is 6.42 Å². The van der Waals surface area contributed by atoms with E-state index >= 15 is 0 Å². The topological polar surface area (TPSA) is 63.2 Å². The van der Waals surface area contributed by atoms with Crippen molar-refractivity contribution >= 4 is 28.4 Å². The van der Waals surface area contributed by atoms with Crippen LogP contribution in [0.25, 0.3) is 22.3 Å². The van der Waals surface area contributed by atoms with Crippen LogP contribution in [0.2, 0.25) is 0 Å². The molecule has 3 aliphatic rings. The number of hydrogen-bond donors (Lipinski definition) is 0. The Kier molecular flexibility index (Phi) is 3.13. The smallest absolute Gasteiger partial charge is 0.238 e. The Morgan fingerprint density at radius 3 is 2.25 bits per heavy atom. The number of rotatable bonds is 2. The zero-order valence-electron chi connectivity index (χ0n) is 15.0. The van der Waals surface area contributed by atoms with E-state index in [1.165, 1.54) is 4.90 Å². The van der Waals surface area contributed by atoms with Crippen molar-refractivity contribution in [3.8, 4) is 11.4 Å². The van der Waals surface area contributed by atoms with Gasteiger partial charge in [0.25, 0.3) is 0 Å². The van der Waals surface area contributed by atoms with Crippen LogP contribution >= 0.6 is 0 Å². The maximum atomic E-state index is 12.9. The van der Waals surface area contributed by atoms with Gasteiger partial charge in [0, 0.05) is 17.1 Å². The molecule has 4 atom stereocenters. The Bertz CT molecular complexity index is 1140. The highest BCUT2D eigenvalue weighted by molar-refractivity contribution is 6.22. The van der Waals surface area contributed by atoms with Crippen molar-refractivity contribution in [1.29, 1.82) is 0 Å². The van der Waals surface area contributed by atoms with E-state index in [1.807, 2.05) is 54.7 Å². The van der Waals surface area contributed by atoms with Crippen molar-refractivity contribution in [1.82, 2.24) is 9.97 Å². The van der Waals surface area contributed by atoms with Gasteiger partial charge < -0.3 is 0 Å². The molecule has 2 bridgehead atoms. The second kappa shape index (κ2) is 5.58. The molecule has 2 fully saturated rings. The highest BCUT2D eigenvalue weighted by atomic mass is 16.2. The lowest BCUT2D eigenvalue weighted by Crippen LogP contribution is -2.32. The monoisotopic (exact) mass is 367 g/mol. The molecular formula is C23H17N3O2. The molecule has 3 aromatic rings. The third kappa shape index (κ3) is 2.07. The molecule has 2 amide bonds. The molecule has 1 unspecified atom stereocenters. The average Bonchev–Trinajstić information content (AvgIpc) is 3.42. The fourth-order valence-corrected chi connectivity index (χ4v) is 5.03. The van der Waals surface area contributed by atoms with Crippen molar-refractivity contribution in [2.24, 2.45) is 23.7 Å². The number of nitrogens with zero attached hydrogens (tertiary/aromatic N) is 3. The largest absolute Gasteiger partial charge is 0.274 e. The quantitative estimate of drug-likeness (QED) is 0.513. The molecule has 28 heavy (non-hydrogen) atoms. The van der Waals surface area contributed by atoms with E-state index in [0.29, 0.717) is 11.5 Å². The van der Waals surface area contributed by atoms with E-state index in [-0.39, 0.29) is 35.5 Å². The lowest BCUT2D eigenvalue weighted by atomic mass is 9.85. The third-order valence-corrected chi connectivity index (χ3v) is 6.34. The lowest BCUT2D eigenvalue weighted by molar-refractivity contribution is -0.123. The number of carbonyl (C=O) groups is 2. The van der Waals surface area contributed by atoms with Crippen molar-refractivity contribution in [2.75, 3.05) is 4.90 Å². The summed E-state index contributed by atoms with van der Waals surface area (Å²) in [4.78, 5) is 36.3. The Balaban J connectivity index is 1.33. The first kappa shape index (κ1) is 15.7. The van der Waals surface area contributed by atoms with Crippen LogP contribution in [0.3, 0.4) is 0 Å². The summed E-state index contributed by atoms with van der Waals surface area (Å²) in [6, 6.07) is 15.2. The summed E-state index contributed by atoms with van der Waals surface area (Å²) in [5.74, 6) is 0.618. The van der Waals surface area contributed by atoms with Crippen LogP contribution in [0.1, 0.15) is 6.42 Å². The Labute approximate surface area is 161 Å². The highest BCUT2D eigenvalue weighted by Crippen LogP contribution is 2.53. The molecule has 2 heterocycles. The zero-order valence-corrected chi connectivity index (χ0v) is 15.0. The fourth-order valence-electron chi connectivity index (χ4n) is 5.03. The van der Waals surface area contributed by atoms with E-state index in [4.69, 9.17) is 0 Å². The number of fused-ring (bicyclic) bond motifs is 6. The first-order valence-corrected chi connectivity index (χ1v) is 9.59. The Morgan fingerprint density at radius 2 is 1.54 bits per heavy atom. The van der Waals surface area contributed by atoms with Gasteiger partial charge in [0.05, 0.1) is 23.0 Å². The maximum absolute atomic E-state index is 12.9. The normalized spacial score (nSPS) is 27.8. The van der Waals surface area contributed by atoms with Gasteiger partial charge in [0.1, 0.15) is 0 Å². The predicted octanol–water partition coefficient (Wildman–Crippen LogP) is 3.61. The number of aromatic nitrogens is 2. The summed E-state index contributed by atoms with van der Waals surface area (Å²) < 4.78 is 0. The zero-order chi connectivity index (χ0) is 18.8. The van der Waals surface area contributed by atoms with Gasteiger partial charge in [0.15, 0.2) is 5.82 Å². The molecule has 1 saturated heterocycles. The van der Waals surface area contributed by atoms with E-state index in [0.717, 1.165) is 22.9 Å². The summed E-state index contributed by atoms with van der Waals surface area (Å²) in [7, 11) is 0. The summed E-state index contributed by atoms with van der Waals surface area (Å²) in [5, 5.41) is 0.992. The minimum atomic E-state index is -0.175. The number of hydrogen-bond acceptors (Lipinski definition) is 4. The molecule has 1 aromatic heterocycles. The summed E-state index contributed by atoms with van der Waals surface area (Å²) in [6.07, 6.45) is 6.98. The van der Waals surface area contributed by atoms with E-state index in [2.05, 4.69) is 22.1 Å². The van der Waals surface area contributed by atoms with Gasteiger partial charge in [-0.3, -0.25) is 14.5 Å². The predicted molar refractivity (Wildman–Crippen MR) is 105 cm³/mol. The van der Waals surface area contributed by atoms with Crippen LogP contribution in [0.15, 0.2) is 66.9 Å². The summed E-state index contributed by atoms with van der Waals surface area (Å²) in [6.45, 7) is 0. The number of carbonyl (C=O) groups excluding carboxylic acids is 2. The van der Waals surface area contributed by atoms with E-state index < -0.39 is 0 Å². The molecule has 5 nitrogen and oxygen atoms in total. The van der Waals surface area contributed by atoms with Crippen LogP contribution in [0.5, 0.6) is 0 Å². The van der Waals surface area contributed by atoms with Gasteiger partial charge in [-0.15, -0.1) is 0 Å². The number of anilines is 1. The maximum Gasteiger partial charge on any atom is 0.238 e. The van der Waals surface area contributed by atoms with Crippen LogP contribution in [0.4, 0.5) is 5.69 Å². The standard InChI is InChI=1S/C23H17N3O2/c27-22-19-14-5-6-15(11-14)20(19)23(28)26(22)17-9-7-13(8-10-17)21-24-12-16-3-1-2-4-18(16)25-21/h1-10,12,14-15,19-20H,11H2/t14-,15?,19+,20-/m0/s1. The van der Waals surface area contributed by atoms with Crippen LogP contribution in [-0.2, 0) is 9.59 Å². The molecule has 2 aliphatic carbocycles. The number of amides is 2. The van der Waals surface area contributed by atoms with Crippen LogP contribution in [-0.4, -0.2) is 21.8 Å². The molecule has 6 rings (SSSR count). The Morgan fingerprint density at radius 1 is 0.857 bits per heavy atom. The lowest BCUT2D eigenvalue weighted by Gasteiger charge is -2.17. The molecule has 0 radical (unpaired) electrons. The van der Waals surface area contributed by atoms with Gasteiger partial charge >= 0.3 is 0 Å². The number of para-hydroxylation sites is 1. The first-order chi connectivity index (χ1) is 13.7.